The minimum atomic E-state index is -4.87. The Labute approximate surface area is 441 Å². The highest BCUT2D eigenvalue weighted by Gasteiger charge is 2.40. The molecule has 3 aromatic heterocycles. The number of ether oxygens (including phenoxy) is 1. The number of aromatic nitrogens is 4. The molecule has 2 saturated heterocycles. The van der Waals surface area contributed by atoms with E-state index >= 15 is 13.2 Å². The number of piperazine rings is 1. The number of aryl methyl sites for hydroxylation is 1. The van der Waals surface area contributed by atoms with E-state index in [1.54, 1.807) is 12.1 Å². The molecule has 3 N–H and O–H groups in total. The molecule has 3 aliphatic heterocycles. The Kier molecular flexibility index (Phi) is 14.0. The van der Waals surface area contributed by atoms with Gasteiger partial charge in [-0.1, -0.05) is 59.9 Å². The number of anilines is 3. The average Bonchev–Trinajstić information content (AvgIpc) is 4.03. The number of carboxylic acids is 1. The SMILES string of the molecule is CC(CCC1CCC(Oc2cccc(-c3ccc(N4CCc5cccc(C(=O)Nc6nc7ccccc7s6)c5C4)nc3C(=O)O)c2C(F)(F)F)CC1)N1CCN(c2cccc3c(C4CCC(=O)NC4=O)nn(C)c23)CC1. The van der Waals surface area contributed by atoms with Gasteiger partial charge in [0.15, 0.2) is 10.8 Å². The topological polar surface area (TPSA) is 175 Å². The summed E-state index contributed by atoms with van der Waals surface area (Å²) in [4.78, 5) is 66.9. The first-order valence-electron chi connectivity index (χ1n) is 26.1. The van der Waals surface area contributed by atoms with Gasteiger partial charge in [-0.2, -0.15) is 18.3 Å². The molecule has 3 fully saturated rings. The predicted molar refractivity (Wildman–Crippen MR) is 285 cm³/mol. The second kappa shape index (κ2) is 21.0. The molecule has 2 atom stereocenters. The Morgan fingerprint density at radius 2 is 1.63 bits per heavy atom. The van der Waals surface area contributed by atoms with Crippen LogP contribution in [0.2, 0.25) is 0 Å². The third-order valence-corrected chi connectivity index (χ3v) is 16.8. The smallest absolute Gasteiger partial charge is 0.420 e. The van der Waals surface area contributed by atoms with Crippen LogP contribution in [0.25, 0.3) is 32.2 Å². The van der Waals surface area contributed by atoms with Crippen LogP contribution in [0.15, 0.2) is 91.0 Å². The first-order valence-corrected chi connectivity index (χ1v) is 26.9. The highest BCUT2D eigenvalue weighted by atomic mass is 32.1. The van der Waals surface area contributed by atoms with E-state index in [1.807, 2.05) is 65.2 Å². The van der Waals surface area contributed by atoms with Gasteiger partial charge in [0, 0.05) is 80.9 Å². The third-order valence-electron chi connectivity index (χ3n) is 15.8. The second-order valence-electron chi connectivity index (χ2n) is 20.5. The number of carbonyl (C=O) groups is 4. The monoisotopic (exact) mass is 1050 g/mol. The number of rotatable bonds is 13. The number of pyridine rings is 1. The number of amides is 3. The quantitative estimate of drug-likeness (QED) is 0.0934. The Hall–Kier alpha value is -7.38. The third kappa shape index (κ3) is 10.2. The highest BCUT2D eigenvalue weighted by Crippen LogP contribution is 2.46. The van der Waals surface area contributed by atoms with Crippen molar-refractivity contribution in [2.45, 2.75) is 95.5 Å². The lowest BCUT2D eigenvalue weighted by atomic mass is 9.83. The van der Waals surface area contributed by atoms with Gasteiger partial charge < -0.3 is 19.6 Å². The summed E-state index contributed by atoms with van der Waals surface area (Å²) in [5.41, 5.74) is 3.62. The van der Waals surface area contributed by atoms with Gasteiger partial charge in [-0.15, -0.1) is 0 Å². The van der Waals surface area contributed by atoms with Gasteiger partial charge in [0.2, 0.25) is 11.8 Å². The number of carboxylic acid groups (broad SMARTS) is 1. The number of thiazole rings is 1. The maximum atomic E-state index is 15.2. The number of aromatic carboxylic acids is 1. The number of hydrogen-bond donors (Lipinski definition) is 3. The van der Waals surface area contributed by atoms with E-state index < -0.39 is 35.4 Å². The lowest BCUT2D eigenvalue weighted by Crippen LogP contribution is -2.49. The van der Waals surface area contributed by atoms with Gasteiger partial charge in [0.25, 0.3) is 5.91 Å². The summed E-state index contributed by atoms with van der Waals surface area (Å²) in [6, 6.07) is 26.5. The van der Waals surface area contributed by atoms with Crippen molar-refractivity contribution in [3.8, 4) is 16.9 Å². The minimum Gasteiger partial charge on any atom is -0.490 e. The summed E-state index contributed by atoms with van der Waals surface area (Å²) in [5, 5.41) is 22.0. The Balaban J connectivity index is 0.710. The molecule has 1 aliphatic carbocycles. The molecule has 7 aromatic rings. The first-order chi connectivity index (χ1) is 36.7. The minimum absolute atomic E-state index is 0.173. The van der Waals surface area contributed by atoms with Gasteiger partial charge in [-0.3, -0.25) is 34.6 Å². The molecular formula is C57H58F3N9O6S. The largest absolute Gasteiger partial charge is 0.490 e. The molecule has 4 aromatic carbocycles. The van der Waals surface area contributed by atoms with Crippen LogP contribution in [0, 0.1) is 5.92 Å². The van der Waals surface area contributed by atoms with Crippen molar-refractivity contribution in [1.29, 1.82) is 0 Å². The van der Waals surface area contributed by atoms with Gasteiger partial charge in [0.05, 0.1) is 39.1 Å². The van der Waals surface area contributed by atoms with Crippen molar-refractivity contribution in [2.24, 2.45) is 13.0 Å². The molecule has 0 radical (unpaired) electrons. The number of halogens is 3. The standard InChI is InChI=1S/C57H58F3N9O6S/c1-33(67-28-30-68(31-29-67)44-13-6-11-40-50(65-66(2)52(40)44)41-23-25-48(70)63-54(41)72)16-17-34-18-20-36(21-19-34)75-45-14-7-9-37(49(45)57(58,59)60)38-22-24-47(62-51(38)55(73)74)69-27-26-35-8-5-10-39(42(35)32-69)53(71)64-56-61-43-12-3-4-15-46(43)76-56/h3-15,22,24,33-34,36,41H,16-21,23,25-32H2,1-2H3,(H,73,74)(H,61,64,71)(H,63,70,72). The van der Waals surface area contributed by atoms with Crippen LogP contribution >= 0.6 is 11.3 Å². The average molecular weight is 1050 g/mol. The lowest BCUT2D eigenvalue weighted by Gasteiger charge is -2.40. The van der Waals surface area contributed by atoms with E-state index in [4.69, 9.17) is 9.84 Å². The number of para-hydroxylation sites is 2. The maximum absolute atomic E-state index is 15.2. The lowest BCUT2D eigenvalue weighted by molar-refractivity contribution is -0.139. The molecular weight excluding hydrogens is 996 g/mol. The number of carbonyl (C=O) groups excluding carboxylic acids is 3. The predicted octanol–water partition coefficient (Wildman–Crippen LogP) is 10.2. The van der Waals surface area contributed by atoms with Crippen molar-refractivity contribution in [3.05, 3.63) is 125 Å². The molecule has 0 bridgehead atoms. The summed E-state index contributed by atoms with van der Waals surface area (Å²) in [6.45, 7) is 6.36. The fourth-order valence-electron chi connectivity index (χ4n) is 11.8. The van der Waals surface area contributed by atoms with Crippen LogP contribution in [0.4, 0.5) is 29.8 Å². The fourth-order valence-corrected chi connectivity index (χ4v) is 12.7. The molecule has 76 heavy (non-hydrogen) atoms. The number of alkyl halides is 3. The van der Waals surface area contributed by atoms with E-state index in [1.165, 1.54) is 35.6 Å². The number of benzene rings is 4. The Morgan fingerprint density at radius 3 is 2.39 bits per heavy atom. The van der Waals surface area contributed by atoms with Crippen LogP contribution < -0.4 is 25.2 Å². The Morgan fingerprint density at radius 1 is 0.855 bits per heavy atom. The second-order valence-corrected chi connectivity index (χ2v) is 21.5. The highest BCUT2D eigenvalue weighted by molar-refractivity contribution is 7.22. The zero-order chi connectivity index (χ0) is 52.8. The Bertz CT molecular complexity index is 3350. The first kappa shape index (κ1) is 50.8. The van der Waals surface area contributed by atoms with Crippen LogP contribution in [-0.2, 0) is 35.8 Å². The number of nitrogens with zero attached hydrogens (tertiary/aromatic N) is 7. The van der Waals surface area contributed by atoms with Crippen molar-refractivity contribution in [3.63, 3.8) is 0 Å². The van der Waals surface area contributed by atoms with E-state index in [2.05, 4.69) is 43.4 Å². The summed E-state index contributed by atoms with van der Waals surface area (Å²) in [5.74, 6) is -2.47. The summed E-state index contributed by atoms with van der Waals surface area (Å²) < 4.78 is 54.7. The summed E-state index contributed by atoms with van der Waals surface area (Å²) in [6.07, 6.45) is 0.818. The number of hydrogen-bond acceptors (Lipinski definition) is 12. The van der Waals surface area contributed by atoms with E-state index in [0.29, 0.717) is 67.0 Å². The fraction of sp³-hybridized carbons (Fsp3) is 0.386. The maximum Gasteiger partial charge on any atom is 0.420 e. The molecule has 11 rings (SSSR count). The zero-order valence-electron chi connectivity index (χ0n) is 42.2. The van der Waals surface area contributed by atoms with E-state index in [9.17, 15) is 24.3 Å². The normalized spacial score (nSPS) is 19.9. The molecule has 0 spiro atoms. The number of imide groups is 1. The van der Waals surface area contributed by atoms with Crippen molar-refractivity contribution < 1.29 is 42.2 Å². The summed E-state index contributed by atoms with van der Waals surface area (Å²) >= 11 is 1.37. The number of fused-ring (bicyclic) bond motifs is 3. The zero-order valence-corrected chi connectivity index (χ0v) is 43.1. The number of nitrogens with one attached hydrogen (secondary N) is 2. The van der Waals surface area contributed by atoms with Gasteiger partial charge in [-0.05, 0) is 118 Å². The molecule has 4 aliphatic rings. The van der Waals surface area contributed by atoms with Crippen molar-refractivity contribution in [2.75, 3.05) is 47.8 Å². The van der Waals surface area contributed by atoms with Gasteiger partial charge in [-0.25, -0.2) is 14.8 Å². The molecule has 1 saturated carbocycles. The van der Waals surface area contributed by atoms with E-state index in [0.717, 1.165) is 89.8 Å². The van der Waals surface area contributed by atoms with Crippen LogP contribution in [0.3, 0.4) is 0 Å². The number of piperidine rings is 1. The molecule has 15 nitrogen and oxygen atoms in total. The summed E-state index contributed by atoms with van der Waals surface area (Å²) in [7, 11) is 1.90. The molecule has 6 heterocycles. The van der Waals surface area contributed by atoms with Crippen LogP contribution in [0.1, 0.15) is 107 Å². The molecule has 394 valence electrons. The van der Waals surface area contributed by atoms with Crippen molar-refractivity contribution >= 4 is 72.8 Å². The van der Waals surface area contributed by atoms with Crippen LogP contribution in [-0.4, -0.2) is 98.3 Å². The van der Waals surface area contributed by atoms with Crippen LogP contribution in [0.5, 0.6) is 5.75 Å². The van der Waals surface area contributed by atoms with Gasteiger partial charge in [0.1, 0.15) is 17.1 Å². The van der Waals surface area contributed by atoms with Crippen molar-refractivity contribution in [1.82, 2.24) is 30.0 Å². The van der Waals surface area contributed by atoms with Gasteiger partial charge >= 0.3 is 12.1 Å². The van der Waals surface area contributed by atoms with E-state index in [-0.39, 0.29) is 47.0 Å². The molecule has 2 unspecified atom stereocenters. The molecule has 19 heteroatoms. The molecule has 3 amide bonds.